The summed E-state index contributed by atoms with van der Waals surface area (Å²) in [5.74, 6) is 0.148. The number of hydrogen-bond donors (Lipinski definition) is 1. The van der Waals surface area contributed by atoms with E-state index in [0.29, 0.717) is 19.3 Å². The highest BCUT2D eigenvalue weighted by molar-refractivity contribution is 5.96. The molecule has 0 heterocycles. The third-order valence-corrected chi connectivity index (χ3v) is 6.08. The maximum absolute atomic E-state index is 12.8. The van der Waals surface area contributed by atoms with Gasteiger partial charge in [-0.15, -0.1) is 0 Å². The van der Waals surface area contributed by atoms with Gasteiger partial charge in [-0.1, -0.05) is 115 Å². The topological polar surface area (TPSA) is 37.3 Å². The van der Waals surface area contributed by atoms with Crippen LogP contribution in [0.25, 0.3) is 0 Å². The minimum atomic E-state index is -0.303. The first-order valence-corrected chi connectivity index (χ1v) is 12.2. The number of hydrogen-bond acceptors (Lipinski definition) is 2. The second-order valence-corrected chi connectivity index (χ2v) is 9.99. The third kappa shape index (κ3) is 10.9. The maximum atomic E-state index is 12.8. The molecular formula is C32H44O2. The van der Waals surface area contributed by atoms with Crippen LogP contribution in [0.5, 0.6) is 0 Å². The fraction of sp³-hybridized carbons (Fsp3) is 0.406. The lowest BCUT2D eigenvalue weighted by Gasteiger charge is -2.37. The van der Waals surface area contributed by atoms with E-state index in [0.717, 1.165) is 16.7 Å². The maximum Gasteiger partial charge on any atom is 0.162 e. The van der Waals surface area contributed by atoms with Crippen molar-refractivity contribution in [3.63, 3.8) is 0 Å². The number of Topliss-reactive ketones (excluding diaryl/α,β-unsaturated/α-hetero) is 1. The zero-order valence-corrected chi connectivity index (χ0v) is 22.5. The molecule has 184 valence electrons. The average Bonchev–Trinajstić information content (AvgIpc) is 2.73. The molecule has 2 heteroatoms. The lowest BCUT2D eigenvalue weighted by atomic mass is 9.70. The molecule has 1 rings (SSSR count). The second-order valence-electron chi connectivity index (χ2n) is 9.99. The van der Waals surface area contributed by atoms with E-state index in [1.165, 1.54) is 16.7 Å². The Kier molecular flexibility index (Phi) is 12.5. The Labute approximate surface area is 208 Å². The van der Waals surface area contributed by atoms with E-state index in [9.17, 15) is 9.90 Å². The van der Waals surface area contributed by atoms with Crippen LogP contribution in [0.15, 0.2) is 106 Å². The summed E-state index contributed by atoms with van der Waals surface area (Å²) in [5, 5.41) is 10.1. The van der Waals surface area contributed by atoms with Crippen molar-refractivity contribution in [2.75, 3.05) is 0 Å². The zero-order chi connectivity index (χ0) is 25.7. The molecule has 1 aliphatic rings. The van der Waals surface area contributed by atoms with Gasteiger partial charge >= 0.3 is 0 Å². The molecule has 1 atom stereocenters. The molecule has 0 saturated heterocycles. The smallest absolute Gasteiger partial charge is 0.162 e. The van der Waals surface area contributed by atoms with Crippen molar-refractivity contribution < 1.29 is 9.90 Å². The highest BCUT2D eigenvalue weighted by atomic mass is 16.3. The molecule has 1 aliphatic carbocycles. The summed E-state index contributed by atoms with van der Waals surface area (Å²) in [7, 11) is 0. The van der Waals surface area contributed by atoms with Gasteiger partial charge in [0, 0.05) is 6.42 Å². The predicted molar refractivity (Wildman–Crippen MR) is 149 cm³/mol. The third-order valence-electron chi connectivity index (χ3n) is 6.08. The molecule has 0 aromatic rings. The summed E-state index contributed by atoms with van der Waals surface area (Å²) in [6.07, 6.45) is 25.9. The summed E-state index contributed by atoms with van der Waals surface area (Å²) in [5.41, 5.74) is 6.48. The van der Waals surface area contributed by atoms with Gasteiger partial charge in [0.15, 0.2) is 5.78 Å². The van der Waals surface area contributed by atoms with E-state index >= 15 is 0 Å². The van der Waals surface area contributed by atoms with Crippen molar-refractivity contribution in [1.82, 2.24) is 0 Å². The zero-order valence-electron chi connectivity index (χ0n) is 22.5. The van der Waals surface area contributed by atoms with E-state index in [1.807, 2.05) is 64.2 Å². The van der Waals surface area contributed by atoms with Gasteiger partial charge < -0.3 is 5.11 Å². The molecule has 0 spiro atoms. The molecule has 0 saturated carbocycles. The van der Waals surface area contributed by atoms with E-state index in [-0.39, 0.29) is 17.3 Å². The van der Waals surface area contributed by atoms with Crippen molar-refractivity contribution in [2.24, 2.45) is 5.41 Å². The van der Waals surface area contributed by atoms with Crippen LogP contribution >= 0.6 is 0 Å². The molecule has 0 amide bonds. The monoisotopic (exact) mass is 460 g/mol. The fourth-order valence-electron chi connectivity index (χ4n) is 4.16. The van der Waals surface area contributed by atoms with Crippen molar-refractivity contribution in [3.05, 3.63) is 106 Å². The molecule has 1 unspecified atom stereocenters. The number of aliphatic hydroxyl groups excluding tert-OH is 1. The largest absolute Gasteiger partial charge is 0.393 e. The van der Waals surface area contributed by atoms with Gasteiger partial charge in [0.2, 0.25) is 0 Å². The molecule has 34 heavy (non-hydrogen) atoms. The minimum absolute atomic E-state index is 0.135. The van der Waals surface area contributed by atoms with Crippen LogP contribution in [0.1, 0.15) is 74.7 Å². The van der Waals surface area contributed by atoms with Gasteiger partial charge in [-0.2, -0.15) is 0 Å². The Morgan fingerprint density at radius 3 is 1.91 bits per heavy atom. The number of carbonyl (C=O) groups excluding carboxylic acids is 1. The molecule has 0 fully saturated rings. The minimum Gasteiger partial charge on any atom is -0.393 e. The summed E-state index contributed by atoms with van der Waals surface area (Å²) < 4.78 is 0. The summed E-state index contributed by atoms with van der Waals surface area (Å²) >= 11 is 0. The number of rotatable bonds is 10. The van der Waals surface area contributed by atoms with Gasteiger partial charge in [-0.3, -0.25) is 4.79 Å². The average molecular weight is 461 g/mol. The van der Waals surface area contributed by atoms with Gasteiger partial charge in [0.25, 0.3) is 0 Å². The Morgan fingerprint density at radius 1 is 0.882 bits per heavy atom. The highest BCUT2D eigenvalue weighted by Crippen LogP contribution is 2.42. The van der Waals surface area contributed by atoms with Crippen molar-refractivity contribution >= 4 is 5.78 Å². The van der Waals surface area contributed by atoms with Crippen molar-refractivity contribution in [3.8, 4) is 0 Å². The molecule has 1 N–H and O–H groups in total. The number of allylic oxidation sites excluding steroid dienone is 17. The Morgan fingerprint density at radius 2 is 1.38 bits per heavy atom. The molecule has 0 radical (unpaired) electrons. The lowest BCUT2D eigenvalue weighted by Crippen LogP contribution is -2.30. The van der Waals surface area contributed by atoms with Crippen LogP contribution in [-0.4, -0.2) is 17.0 Å². The summed E-state index contributed by atoms with van der Waals surface area (Å²) in [4.78, 5) is 12.8. The Bertz CT molecular complexity index is 982. The van der Waals surface area contributed by atoms with Gasteiger partial charge in [0.1, 0.15) is 0 Å². The first-order chi connectivity index (χ1) is 16.0. The number of carbonyl (C=O) groups is 1. The summed E-state index contributed by atoms with van der Waals surface area (Å²) in [6, 6.07) is 0. The Hall–Kier alpha value is -2.71. The van der Waals surface area contributed by atoms with Crippen molar-refractivity contribution in [1.29, 1.82) is 0 Å². The standard InChI is InChI=1S/C32H44O2/c1-9-14-24(2)17-12-18-25(3)15-10-11-16-26(4)19-13-20-27(5)31(34)22-30-28(6)21-29(33)23-32(30,7)8/h9-20,29,33H,21-23H2,1-8H3/b11-10+,14-9+,18-12+,19-13+,24-17+,25-15+,26-16+,27-20+. The van der Waals surface area contributed by atoms with Crippen molar-refractivity contribution in [2.45, 2.75) is 80.8 Å². The fourth-order valence-corrected chi connectivity index (χ4v) is 4.16. The number of aliphatic hydroxyl groups is 1. The van der Waals surface area contributed by atoms with E-state index < -0.39 is 0 Å². The molecule has 0 bridgehead atoms. The summed E-state index contributed by atoms with van der Waals surface area (Å²) in [6.45, 7) is 16.4. The predicted octanol–water partition coefficient (Wildman–Crippen LogP) is 8.47. The number of ketones is 1. The van der Waals surface area contributed by atoms with Crippen LogP contribution in [-0.2, 0) is 4.79 Å². The van der Waals surface area contributed by atoms with Gasteiger partial charge in [-0.25, -0.2) is 0 Å². The first-order valence-electron chi connectivity index (χ1n) is 12.2. The second kappa shape index (κ2) is 14.5. The van der Waals surface area contributed by atoms with Crippen LogP contribution in [0.2, 0.25) is 0 Å². The molecule has 0 aromatic carbocycles. The lowest BCUT2D eigenvalue weighted by molar-refractivity contribution is -0.115. The molecule has 0 aliphatic heterocycles. The van der Waals surface area contributed by atoms with Gasteiger partial charge in [-0.05, 0) is 65.4 Å². The quantitative estimate of drug-likeness (QED) is 0.202. The molecular weight excluding hydrogens is 416 g/mol. The van der Waals surface area contributed by atoms with E-state index in [1.54, 1.807) is 0 Å². The molecule has 0 aromatic heterocycles. The van der Waals surface area contributed by atoms with Crippen LogP contribution < -0.4 is 0 Å². The van der Waals surface area contributed by atoms with Crippen LogP contribution in [0, 0.1) is 5.41 Å². The first kappa shape index (κ1) is 29.3. The highest BCUT2D eigenvalue weighted by Gasteiger charge is 2.33. The Balaban J connectivity index is 2.68. The SMILES string of the molecule is C/C=C/C(C)=C/C=C/C(C)=C/C=C/C=C(C)/C=C/C=C(\C)C(=O)CC1=C(C)CC(O)CC1(C)C. The van der Waals surface area contributed by atoms with Gasteiger partial charge in [0.05, 0.1) is 6.10 Å². The van der Waals surface area contributed by atoms with Crippen LogP contribution in [0.3, 0.4) is 0 Å². The molecule has 2 nitrogen and oxygen atoms in total. The normalized spacial score (nSPS) is 21.1. The van der Waals surface area contributed by atoms with E-state index in [4.69, 9.17) is 0 Å². The van der Waals surface area contributed by atoms with E-state index in [2.05, 4.69) is 64.2 Å². The van der Waals surface area contributed by atoms with Crippen LogP contribution in [0.4, 0.5) is 0 Å².